The van der Waals surface area contributed by atoms with Crippen molar-refractivity contribution >= 4 is 11.9 Å². The van der Waals surface area contributed by atoms with Gasteiger partial charge in [-0.15, -0.1) is 0 Å². The fourth-order valence-corrected chi connectivity index (χ4v) is 0. The maximum Gasteiger partial charge on any atom is 0 e. The minimum absolute atomic E-state index is 0. The van der Waals surface area contributed by atoms with Crippen LogP contribution in [-0.4, -0.2) is 19.0 Å². The summed E-state index contributed by atoms with van der Waals surface area (Å²) in [6.45, 7) is 20.9. The van der Waals surface area contributed by atoms with Crippen LogP contribution in [0.3, 0.4) is 0 Å². The summed E-state index contributed by atoms with van der Waals surface area (Å²) in [5.74, 6) is 0.833. The van der Waals surface area contributed by atoms with Crippen LogP contribution in [0.25, 0.3) is 0 Å². The quantitative estimate of drug-likeness (QED) is 0.374. The van der Waals surface area contributed by atoms with E-state index in [1.807, 2.05) is 20.8 Å². The zero-order valence-corrected chi connectivity index (χ0v) is 23.5. The molecule has 0 fully saturated rings. The number of hydrogen-bond donors (Lipinski definition) is 0. The second-order valence-electron chi connectivity index (χ2n) is 4.24. The van der Waals surface area contributed by atoms with Crippen LogP contribution in [0, 0.1) is 5.92 Å². The van der Waals surface area contributed by atoms with Crippen molar-refractivity contribution in [3.63, 3.8) is 0 Å². The van der Waals surface area contributed by atoms with Crippen molar-refractivity contribution in [2.75, 3.05) is 7.11 Å². The van der Waals surface area contributed by atoms with Gasteiger partial charge in [0.1, 0.15) is 0 Å². The molecule has 0 aromatic heterocycles. The fraction of sp³-hybridized carbons (Fsp3) is 0.800. The van der Waals surface area contributed by atoms with Gasteiger partial charge >= 0.3 is 116 Å². The summed E-state index contributed by atoms with van der Waals surface area (Å²) in [5, 5.41) is 0. The van der Waals surface area contributed by atoms with Gasteiger partial charge in [0, 0.05) is 1.43 Å². The number of ether oxygens (including phenoxy) is 1. The van der Waals surface area contributed by atoms with Crippen molar-refractivity contribution < 1.29 is 64.2 Å². The molecule has 0 radical (unpaired) electrons. The predicted molar refractivity (Wildman–Crippen MR) is 84.4 cm³/mol. The van der Waals surface area contributed by atoms with E-state index < -0.39 is 0 Å². The summed E-state index contributed by atoms with van der Waals surface area (Å²) in [6, 6.07) is 0. The average molecular weight is 784 g/mol. The van der Waals surface area contributed by atoms with Gasteiger partial charge in [0.25, 0.3) is 0 Å². The minimum atomic E-state index is 0. The van der Waals surface area contributed by atoms with E-state index >= 15 is 0 Å². The maximum absolute atomic E-state index is 4.70. The van der Waals surface area contributed by atoms with Crippen molar-refractivity contribution in [3.05, 3.63) is 0 Å². The van der Waals surface area contributed by atoms with E-state index in [1.54, 1.807) is 45.8 Å². The molecule has 0 aromatic rings. The van der Waals surface area contributed by atoms with E-state index in [0.717, 1.165) is 10.0 Å². The summed E-state index contributed by atoms with van der Waals surface area (Å²) in [6.07, 6.45) is 0. The van der Waals surface area contributed by atoms with Crippen LogP contribution >= 0.6 is 0 Å². The normalized spacial score (nSPS) is 6.95. The SMILES string of the molecule is CC.CC(C)C.CO[C](C)=[W].C[C](C)=[W].C[C](C)=[W].[HH]. The molecule has 0 saturated heterocycles. The molecule has 0 aromatic carbocycles. The van der Waals surface area contributed by atoms with E-state index in [2.05, 4.69) is 48.5 Å². The molecule has 0 rings (SSSR count). The summed E-state index contributed by atoms with van der Waals surface area (Å²) in [4.78, 5) is 0. The van der Waals surface area contributed by atoms with E-state index in [0.29, 0.717) is 0 Å². The van der Waals surface area contributed by atoms with Crippen molar-refractivity contribution in [2.45, 2.75) is 69.2 Å². The van der Waals surface area contributed by atoms with E-state index in [9.17, 15) is 0 Å². The number of rotatable bonds is 1. The van der Waals surface area contributed by atoms with Crippen molar-refractivity contribution in [2.24, 2.45) is 5.92 Å². The van der Waals surface area contributed by atoms with Gasteiger partial charge in [0.2, 0.25) is 0 Å². The third-order valence-corrected chi connectivity index (χ3v) is 0.886. The molecule has 0 bridgehead atoms. The topological polar surface area (TPSA) is 9.23 Å². The first kappa shape index (κ1) is 32.5. The summed E-state index contributed by atoms with van der Waals surface area (Å²) in [5.41, 5.74) is 0. The molecule has 0 spiro atoms. The van der Waals surface area contributed by atoms with Gasteiger partial charge in [-0.3, -0.25) is 0 Å². The van der Waals surface area contributed by atoms with Crippen LogP contribution in [0.4, 0.5) is 0 Å². The fourth-order valence-electron chi connectivity index (χ4n) is 0. The Morgan fingerprint density at radius 1 is 0.789 bits per heavy atom. The van der Waals surface area contributed by atoms with Gasteiger partial charge in [0.15, 0.2) is 0 Å². The Hall–Kier alpha value is 1.63. The first-order chi connectivity index (χ1) is 8.47. The molecule has 0 N–H and O–H groups in total. The Bertz CT molecular complexity index is 183. The van der Waals surface area contributed by atoms with Crippen molar-refractivity contribution in [3.8, 4) is 0 Å². The monoisotopic (exact) mass is 784 g/mol. The number of hydrogen-bond acceptors (Lipinski definition) is 1. The number of methoxy groups -OCH3 is 1. The molecule has 19 heavy (non-hydrogen) atoms. The minimum Gasteiger partial charge on any atom is 0 e. The van der Waals surface area contributed by atoms with E-state index in [4.69, 9.17) is 4.74 Å². The Morgan fingerprint density at radius 2 is 0.842 bits per heavy atom. The Balaban J connectivity index is -0.0000000310. The van der Waals surface area contributed by atoms with Gasteiger partial charge in [-0.25, -0.2) is 0 Å². The molecule has 120 valence electrons. The van der Waals surface area contributed by atoms with Crippen LogP contribution in [0.1, 0.15) is 70.7 Å². The van der Waals surface area contributed by atoms with Crippen LogP contribution in [-0.2, 0) is 62.8 Å². The van der Waals surface area contributed by atoms with Gasteiger partial charge < -0.3 is 0 Å². The summed E-state index contributed by atoms with van der Waals surface area (Å²) < 4.78 is 8.79. The largest absolute Gasteiger partial charge is 0 e. The van der Waals surface area contributed by atoms with E-state index in [-0.39, 0.29) is 1.43 Å². The van der Waals surface area contributed by atoms with Crippen LogP contribution in [0.2, 0.25) is 0 Å². The first-order valence-electron chi connectivity index (χ1n) is 6.46. The molecule has 0 aliphatic heterocycles. The maximum atomic E-state index is 4.70. The van der Waals surface area contributed by atoms with Gasteiger partial charge in [0.05, 0.1) is 0 Å². The second kappa shape index (κ2) is 31.8. The summed E-state index contributed by atoms with van der Waals surface area (Å²) >= 11 is 4.59. The summed E-state index contributed by atoms with van der Waals surface area (Å²) in [7, 11) is 1.68. The van der Waals surface area contributed by atoms with E-state index in [1.165, 1.54) is 27.1 Å². The van der Waals surface area contributed by atoms with Crippen LogP contribution < -0.4 is 0 Å². The Labute approximate surface area is 157 Å². The van der Waals surface area contributed by atoms with Gasteiger partial charge in [-0.05, 0) is 5.92 Å². The van der Waals surface area contributed by atoms with Gasteiger partial charge in [-0.2, -0.15) is 0 Å². The molecule has 0 atom stereocenters. The zero-order chi connectivity index (χ0) is 17.0. The standard InChI is InChI=1S/C4H10.C3H6O.2C3H6.C2H6.3W.H2/c1-4(2)3;1-3-4-2;2*1-3-2;1-2;;;;/h4H,1-3H3;1-2H3;2*1-2H3;1-2H3;;;;1H. The third-order valence-electron chi connectivity index (χ3n) is 0.287. The van der Waals surface area contributed by atoms with Gasteiger partial charge in [-0.1, -0.05) is 34.6 Å². The van der Waals surface area contributed by atoms with Crippen molar-refractivity contribution in [1.82, 2.24) is 0 Å². The Kier molecular flexibility index (Phi) is 54.5. The molecule has 0 aliphatic rings. The molecule has 0 aliphatic carbocycles. The van der Waals surface area contributed by atoms with Crippen LogP contribution in [0.15, 0.2) is 0 Å². The predicted octanol–water partition coefficient (Wildman–Crippen LogP) is 4.75. The molecule has 0 unspecified atom stereocenters. The Morgan fingerprint density at radius 3 is 0.842 bits per heavy atom. The molecule has 0 amide bonds. The molecular formula is C15H36OW3. The zero-order valence-electron chi connectivity index (χ0n) is 14.7. The average Bonchev–Trinajstić information content (AvgIpc) is 2.18. The molecule has 0 saturated carbocycles. The molecule has 4 heteroatoms. The smallest absolute Gasteiger partial charge is 0 e. The molecular weight excluding hydrogens is 748 g/mol. The van der Waals surface area contributed by atoms with Crippen LogP contribution in [0.5, 0.6) is 0 Å². The van der Waals surface area contributed by atoms with Crippen molar-refractivity contribution in [1.29, 1.82) is 0 Å². The third kappa shape index (κ3) is 462. The second-order valence-corrected chi connectivity index (χ2v) is 12.2. The molecule has 1 nitrogen and oxygen atoms in total. The molecule has 0 heterocycles. The first-order valence-corrected chi connectivity index (χ1v) is 10.9.